The van der Waals surface area contributed by atoms with Crippen LogP contribution in [0, 0.1) is 5.41 Å². The summed E-state index contributed by atoms with van der Waals surface area (Å²) in [5, 5.41) is 0. The molecule has 1 atom stereocenters. The molecule has 2 rings (SSSR count). The van der Waals surface area contributed by atoms with E-state index in [1.165, 1.54) is 32.1 Å². The number of hydrogen-bond acceptors (Lipinski definition) is 1. The lowest BCUT2D eigenvalue weighted by Crippen LogP contribution is -2.44. The molecule has 0 aromatic heterocycles. The first-order valence-electron chi connectivity index (χ1n) is 5.39. The summed E-state index contributed by atoms with van der Waals surface area (Å²) in [5.41, 5.74) is -0.879. The molecule has 1 saturated heterocycles. The highest BCUT2D eigenvalue weighted by Gasteiger charge is 2.43. The van der Waals surface area contributed by atoms with Crippen molar-refractivity contribution in [1.82, 2.24) is 0 Å². The fourth-order valence-corrected chi connectivity index (χ4v) is 2.99. The Morgan fingerprint density at radius 1 is 1.08 bits per heavy atom. The number of alkyl halides is 1. The SMILES string of the molecule is CC1(F)COCC2(CCCCC2)C1. The number of halogens is 1. The van der Waals surface area contributed by atoms with Crippen LogP contribution in [0.4, 0.5) is 4.39 Å². The maximum Gasteiger partial charge on any atom is 0.132 e. The van der Waals surface area contributed by atoms with E-state index >= 15 is 0 Å². The Morgan fingerprint density at radius 2 is 1.77 bits per heavy atom. The summed E-state index contributed by atoms with van der Waals surface area (Å²) in [6.45, 7) is 2.78. The first-order valence-corrected chi connectivity index (χ1v) is 5.39. The van der Waals surface area contributed by atoms with Gasteiger partial charge in [-0.25, -0.2) is 4.39 Å². The van der Waals surface area contributed by atoms with E-state index < -0.39 is 5.67 Å². The molecule has 2 aliphatic rings. The van der Waals surface area contributed by atoms with Gasteiger partial charge in [-0.15, -0.1) is 0 Å². The number of rotatable bonds is 0. The molecule has 1 unspecified atom stereocenters. The van der Waals surface area contributed by atoms with E-state index in [1.54, 1.807) is 6.92 Å². The third kappa shape index (κ3) is 2.04. The van der Waals surface area contributed by atoms with Gasteiger partial charge in [0.2, 0.25) is 0 Å². The van der Waals surface area contributed by atoms with Gasteiger partial charge in [-0.2, -0.15) is 0 Å². The first kappa shape index (κ1) is 9.45. The van der Waals surface area contributed by atoms with Crippen molar-refractivity contribution in [3.63, 3.8) is 0 Å². The maximum atomic E-state index is 13.8. The molecule has 0 aromatic carbocycles. The van der Waals surface area contributed by atoms with Crippen LogP contribution >= 0.6 is 0 Å². The van der Waals surface area contributed by atoms with Crippen LogP contribution in [0.25, 0.3) is 0 Å². The highest BCUT2D eigenvalue weighted by atomic mass is 19.1. The Bertz CT molecular complexity index is 177. The molecule has 1 aliphatic carbocycles. The minimum atomic E-state index is -1.07. The second-order valence-corrected chi connectivity index (χ2v) is 5.14. The summed E-state index contributed by atoms with van der Waals surface area (Å²) in [4.78, 5) is 0. The zero-order chi connectivity index (χ0) is 9.36. The van der Waals surface area contributed by atoms with Crippen molar-refractivity contribution < 1.29 is 9.13 Å². The molecule has 0 bridgehead atoms. The molecule has 76 valence electrons. The molecule has 1 saturated carbocycles. The van der Waals surface area contributed by atoms with Crippen LogP contribution < -0.4 is 0 Å². The van der Waals surface area contributed by atoms with Crippen LogP contribution in [0.15, 0.2) is 0 Å². The fourth-order valence-electron chi connectivity index (χ4n) is 2.99. The van der Waals surface area contributed by atoms with Gasteiger partial charge in [-0.3, -0.25) is 0 Å². The lowest BCUT2D eigenvalue weighted by molar-refractivity contribution is -0.109. The van der Waals surface area contributed by atoms with Crippen molar-refractivity contribution in [3.8, 4) is 0 Å². The highest BCUT2D eigenvalue weighted by molar-refractivity contribution is 4.93. The molecule has 2 fully saturated rings. The van der Waals surface area contributed by atoms with E-state index in [0.717, 1.165) is 13.0 Å². The Morgan fingerprint density at radius 3 is 2.38 bits per heavy atom. The first-order chi connectivity index (χ1) is 6.12. The fraction of sp³-hybridized carbons (Fsp3) is 1.00. The lowest BCUT2D eigenvalue weighted by Gasteiger charge is -2.44. The molecule has 13 heavy (non-hydrogen) atoms. The summed E-state index contributed by atoms with van der Waals surface area (Å²) in [5.74, 6) is 0. The van der Waals surface area contributed by atoms with Gasteiger partial charge >= 0.3 is 0 Å². The Balaban J connectivity index is 2.04. The van der Waals surface area contributed by atoms with Crippen LogP contribution in [0.1, 0.15) is 45.4 Å². The minimum absolute atomic E-state index is 0.194. The normalized spacial score (nSPS) is 39.2. The third-order valence-corrected chi connectivity index (χ3v) is 3.47. The molecule has 1 aliphatic heterocycles. The standard InChI is InChI=1S/C11H19FO/c1-10(12)7-11(9-13-8-10)5-3-2-4-6-11/h2-9H2,1H3. The third-order valence-electron chi connectivity index (χ3n) is 3.47. The second kappa shape index (κ2) is 3.23. The molecule has 1 heterocycles. The topological polar surface area (TPSA) is 9.23 Å². The summed E-state index contributed by atoms with van der Waals surface area (Å²) >= 11 is 0. The van der Waals surface area contributed by atoms with E-state index in [2.05, 4.69) is 0 Å². The van der Waals surface area contributed by atoms with Crippen molar-refractivity contribution in [3.05, 3.63) is 0 Å². The molecule has 0 radical (unpaired) electrons. The van der Waals surface area contributed by atoms with Gasteiger partial charge in [-0.1, -0.05) is 19.3 Å². The average molecular weight is 186 g/mol. The Kier molecular flexibility index (Phi) is 2.35. The van der Waals surface area contributed by atoms with Gasteiger partial charge in [0.1, 0.15) is 5.67 Å². The number of ether oxygens (including phenoxy) is 1. The predicted octanol–water partition coefficient (Wildman–Crippen LogP) is 3.09. The largest absolute Gasteiger partial charge is 0.378 e. The van der Waals surface area contributed by atoms with Crippen LogP contribution in [0.3, 0.4) is 0 Å². The van der Waals surface area contributed by atoms with Gasteiger partial charge in [0.15, 0.2) is 0 Å². The average Bonchev–Trinajstić information content (AvgIpc) is 2.03. The van der Waals surface area contributed by atoms with Crippen molar-refractivity contribution in [2.24, 2.45) is 5.41 Å². The molecule has 2 heteroatoms. The molecular formula is C11H19FO. The Labute approximate surface area is 79.7 Å². The smallest absolute Gasteiger partial charge is 0.132 e. The Hall–Kier alpha value is -0.110. The summed E-state index contributed by atoms with van der Waals surface area (Å²) in [7, 11) is 0. The van der Waals surface area contributed by atoms with Gasteiger partial charge in [-0.05, 0) is 31.6 Å². The van der Waals surface area contributed by atoms with E-state index in [1.807, 2.05) is 0 Å². The molecule has 0 amide bonds. The summed E-state index contributed by atoms with van der Waals surface area (Å²) in [6, 6.07) is 0. The lowest BCUT2D eigenvalue weighted by atomic mass is 9.68. The molecule has 0 aromatic rings. The molecule has 0 N–H and O–H groups in total. The van der Waals surface area contributed by atoms with Crippen molar-refractivity contribution in [2.75, 3.05) is 13.2 Å². The summed E-state index contributed by atoms with van der Waals surface area (Å²) in [6.07, 6.45) is 6.92. The van der Waals surface area contributed by atoms with Crippen molar-refractivity contribution in [2.45, 2.75) is 51.1 Å². The molecular weight excluding hydrogens is 167 g/mol. The molecule has 1 spiro atoms. The summed E-state index contributed by atoms with van der Waals surface area (Å²) < 4.78 is 19.2. The zero-order valence-corrected chi connectivity index (χ0v) is 8.44. The van der Waals surface area contributed by atoms with Gasteiger partial charge < -0.3 is 4.74 Å². The van der Waals surface area contributed by atoms with Crippen LogP contribution in [0.5, 0.6) is 0 Å². The van der Waals surface area contributed by atoms with E-state index in [-0.39, 0.29) is 5.41 Å². The van der Waals surface area contributed by atoms with E-state index in [0.29, 0.717) is 6.61 Å². The molecule has 1 nitrogen and oxygen atoms in total. The monoisotopic (exact) mass is 186 g/mol. The minimum Gasteiger partial charge on any atom is -0.378 e. The zero-order valence-electron chi connectivity index (χ0n) is 8.44. The van der Waals surface area contributed by atoms with Crippen molar-refractivity contribution in [1.29, 1.82) is 0 Å². The van der Waals surface area contributed by atoms with Crippen LogP contribution in [0.2, 0.25) is 0 Å². The van der Waals surface area contributed by atoms with E-state index in [9.17, 15) is 4.39 Å². The quantitative estimate of drug-likeness (QED) is 0.565. The van der Waals surface area contributed by atoms with Gasteiger partial charge in [0, 0.05) is 0 Å². The van der Waals surface area contributed by atoms with Crippen molar-refractivity contribution >= 4 is 0 Å². The predicted molar refractivity (Wildman–Crippen MR) is 50.5 cm³/mol. The van der Waals surface area contributed by atoms with Crippen LogP contribution in [-0.2, 0) is 4.74 Å². The van der Waals surface area contributed by atoms with E-state index in [4.69, 9.17) is 4.74 Å². The van der Waals surface area contributed by atoms with Gasteiger partial charge in [0.05, 0.1) is 13.2 Å². The second-order valence-electron chi connectivity index (χ2n) is 5.14. The van der Waals surface area contributed by atoms with Crippen LogP contribution in [-0.4, -0.2) is 18.9 Å². The van der Waals surface area contributed by atoms with Gasteiger partial charge in [0.25, 0.3) is 0 Å². The maximum absolute atomic E-state index is 13.8. The highest BCUT2D eigenvalue weighted by Crippen LogP contribution is 2.46. The number of hydrogen-bond donors (Lipinski definition) is 0.